The SMILES string of the molecule is CN1C(=O)C2(N=C1N)c1cc(O)ccc1CC1CCOC[C@@H]12. The van der Waals surface area contributed by atoms with E-state index in [9.17, 15) is 9.90 Å². The predicted octanol–water partition coefficient (Wildman–Crippen LogP) is 0.583. The van der Waals surface area contributed by atoms with Crippen molar-refractivity contribution in [2.24, 2.45) is 22.6 Å². The second kappa shape index (κ2) is 4.46. The third-order valence-corrected chi connectivity index (χ3v) is 5.29. The van der Waals surface area contributed by atoms with Crippen LogP contribution in [0.1, 0.15) is 17.5 Å². The molecule has 0 saturated carbocycles. The molecule has 1 aromatic rings. The summed E-state index contributed by atoms with van der Waals surface area (Å²) < 4.78 is 5.65. The number of nitrogens with zero attached hydrogens (tertiary/aromatic N) is 2. The van der Waals surface area contributed by atoms with Crippen LogP contribution in [-0.2, 0) is 21.5 Å². The normalized spacial score (nSPS) is 33.6. The number of phenols is 1. The smallest absolute Gasteiger partial charge is 0.262 e. The molecule has 1 aromatic carbocycles. The quantitative estimate of drug-likeness (QED) is 0.734. The van der Waals surface area contributed by atoms with E-state index in [1.165, 1.54) is 4.90 Å². The Morgan fingerprint density at radius 3 is 3.05 bits per heavy atom. The number of ether oxygens (including phenoxy) is 1. The number of carbonyl (C=O) groups is 1. The van der Waals surface area contributed by atoms with Crippen LogP contribution in [0.3, 0.4) is 0 Å². The van der Waals surface area contributed by atoms with Crippen molar-refractivity contribution in [2.75, 3.05) is 20.3 Å². The highest BCUT2D eigenvalue weighted by Crippen LogP contribution is 2.51. The number of likely N-dealkylation sites (N-methyl/N-ethyl adjacent to an activating group) is 1. The molecule has 3 aliphatic rings. The number of amides is 1. The summed E-state index contributed by atoms with van der Waals surface area (Å²) in [6, 6.07) is 5.23. The van der Waals surface area contributed by atoms with E-state index in [2.05, 4.69) is 4.99 Å². The van der Waals surface area contributed by atoms with Crippen LogP contribution in [0.2, 0.25) is 0 Å². The van der Waals surface area contributed by atoms with Crippen LogP contribution in [0.5, 0.6) is 5.75 Å². The number of aliphatic imine (C=N–C) groups is 1. The van der Waals surface area contributed by atoms with Gasteiger partial charge in [-0.2, -0.15) is 0 Å². The lowest BCUT2D eigenvalue weighted by atomic mass is 9.62. The molecule has 2 heterocycles. The van der Waals surface area contributed by atoms with Gasteiger partial charge in [0.05, 0.1) is 6.61 Å². The number of carbonyl (C=O) groups excluding carboxylic acids is 1. The third-order valence-electron chi connectivity index (χ3n) is 5.29. The van der Waals surface area contributed by atoms with E-state index >= 15 is 0 Å². The van der Waals surface area contributed by atoms with Crippen molar-refractivity contribution in [3.63, 3.8) is 0 Å². The van der Waals surface area contributed by atoms with Crippen LogP contribution < -0.4 is 5.73 Å². The van der Waals surface area contributed by atoms with E-state index in [1.807, 2.05) is 6.07 Å². The average molecular weight is 301 g/mol. The minimum Gasteiger partial charge on any atom is -0.508 e. The first-order valence-corrected chi connectivity index (χ1v) is 7.57. The lowest BCUT2D eigenvalue weighted by Crippen LogP contribution is -2.53. The molecule has 0 radical (unpaired) electrons. The number of guanidine groups is 1. The van der Waals surface area contributed by atoms with Crippen molar-refractivity contribution < 1.29 is 14.6 Å². The minimum atomic E-state index is -1.05. The lowest BCUT2D eigenvalue weighted by Gasteiger charge is -2.45. The Hall–Kier alpha value is -2.08. The molecule has 1 fully saturated rings. The number of benzene rings is 1. The second-order valence-corrected chi connectivity index (χ2v) is 6.38. The Balaban J connectivity index is 1.97. The van der Waals surface area contributed by atoms with Crippen molar-refractivity contribution in [3.8, 4) is 5.75 Å². The Bertz CT molecular complexity index is 687. The Morgan fingerprint density at radius 1 is 1.50 bits per heavy atom. The van der Waals surface area contributed by atoms with Crippen molar-refractivity contribution in [2.45, 2.75) is 18.4 Å². The molecule has 6 heteroatoms. The van der Waals surface area contributed by atoms with Gasteiger partial charge in [0, 0.05) is 19.6 Å². The zero-order valence-electron chi connectivity index (χ0n) is 12.5. The van der Waals surface area contributed by atoms with Gasteiger partial charge in [-0.25, -0.2) is 4.99 Å². The van der Waals surface area contributed by atoms with Gasteiger partial charge in [0.25, 0.3) is 5.91 Å². The van der Waals surface area contributed by atoms with E-state index in [0.29, 0.717) is 19.1 Å². The van der Waals surface area contributed by atoms with Crippen LogP contribution in [0.15, 0.2) is 23.2 Å². The fourth-order valence-corrected chi connectivity index (χ4v) is 4.15. The minimum absolute atomic E-state index is 0.0356. The van der Waals surface area contributed by atoms with Crippen LogP contribution in [0.25, 0.3) is 0 Å². The number of aromatic hydroxyl groups is 1. The van der Waals surface area contributed by atoms with Crippen LogP contribution in [0, 0.1) is 11.8 Å². The average Bonchev–Trinajstić information content (AvgIpc) is 2.74. The maximum atomic E-state index is 13.0. The van der Waals surface area contributed by atoms with E-state index in [0.717, 1.165) is 24.0 Å². The number of rotatable bonds is 0. The molecule has 3 atom stereocenters. The molecule has 0 aromatic heterocycles. The van der Waals surface area contributed by atoms with E-state index in [1.54, 1.807) is 19.2 Å². The van der Waals surface area contributed by atoms with Crippen LogP contribution in [0.4, 0.5) is 0 Å². The fraction of sp³-hybridized carbons (Fsp3) is 0.500. The molecule has 0 bridgehead atoms. The number of hydrogen-bond acceptors (Lipinski definition) is 5. The standard InChI is InChI=1S/C16H19N3O3/c1-19-14(21)16(18-15(19)17)12-7-11(20)3-2-9(12)6-10-4-5-22-8-13(10)16/h2-3,7,10,13,20H,4-6,8H2,1H3,(H2,17,18)/t10?,13-,16?/m0/s1. The number of fused-ring (bicyclic) bond motifs is 4. The van der Waals surface area contributed by atoms with E-state index < -0.39 is 5.54 Å². The van der Waals surface area contributed by atoms with Gasteiger partial charge >= 0.3 is 0 Å². The summed E-state index contributed by atoms with van der Waals surface area (Å²) in [4.78, 5) is 19.0. The van der Waals surface area contributed by atoms with Gasteiger partial charge in [0.15, 0.2) is 11.5 Å². The number of nitrogens with two attached hydrogens (primary N) is 1. The molecule has 1 saturated heterocycles. The first kappa shape index (κ1) is 13.6. The summed E-state index contributed by atoms with van der Waals surface area (Å²) >= 11 is 0. The molecule has 1 amide bonds. The van der Waals surface area contributed by atoms with E-state index in [-0.39, 0.29) is 23.5 Å². The fourth-order valence-electron chi connectivity index (χ4n) is 4.15. The summed E-state index contributed by atoms with van der Waals surface area (Å²) in [5, 5.41) is 9.91. The zero-order chi connectivity index (χ0) is 15.5. The van der Waals surface area contributed by atoms with Crippen LogP contribution in [-0.4, -0.2) is 42.1 Å². The molecule has 22 heavy (non-hydrogen) atoms. The van der Waals surface area contributed by atoms with Crippen molar-refractivity contribution in [1.29, 1.82) is 0 Å². The predicted molar refractivity (Wildman–Crippen MR) is 80.3 cm³/mol. The Labute approximate surface area is 128 Å². The molecule has 6 nitrogen and oxygen atoms in total. The highest BCUT2D eigenvalue weighted by Gasteiger charge is 2.59. The number of hydrogen-bond donors (Lipinski definition) is 2. The largest absolute Gasteiger partial charge is 0.508 e. The summed E-state index contributed by atoms with van der Waals surface area (Å²) in [6.45, 7) is 1.21. The first-order valence-electron chi connectivity index (χ1n) is 7.57. The monoisotopic (exact) mass is 301 g/mol. The van der Waals surface area contributed by atoms with Gasteiger partial charge in [0.1, 0.15) is 5.75 Å². The lowest BCUT2D eigenvalue weighted by molar-refractivity contribution is -0.137. The molecule has 116 valence electrons. The molecule has 3 N–H and O–H groups in total. The topological polar surface area (TPSA) is 88.2 Å². The third kappa shape index (κ3) is 1.58. The van der Waals surface area contributed by atoms with Gasteiger partial charge in [-0.1, -0.05) is 6.07 Å². The van der Waals surface area contributed by atoms with Gasteiger partial charge in [-0.15, -0.1) is 0 Å². The number of phenolic OH excluding ortho intramolecular Hbond substituents is 1. The highest BCUT2D eigenvalue weighted by atomic mass is 16.5. The highest BCUT2D eigenvalue weighted by molar-refractivity contribution is 6.07. The molecule has 1 spiro atoms. The maximum absolute atomic E-state index is 13.0. The molecule has 2 unspecified atom stereocenters. The summed E-state index contributed by atoms with van der Waals surface area (Å²) in [6.07, 6.45) is 1.80. The molecular weight excluding hydrogens is 282 g/mol. The Morgan fingerprint density at radius 2 is 2.32 bits per heavy atom. The first-order chi connectivity index (χ1) is 10.5. The molecule has 1 aliphatic carbocycles. The van der Waals surface area contributed by atoms with Gasteiger partial charge < -0.3 is 15.6 Å². The molecule has 2 aliphatic heterocycles. The van der Waals surface area contributed by atoms with Gasteiger partial charge in [0.2, 0.25) is 0 Å². The molecule has 4 rings (SSSR count). The van der Waals surface area contributed by atoms with Crippen molar-refractivity contribution in [1.82, 2.24) is 4.90 Å². The zero-order valence-corrected chi connectivity index (χ0v) is 12.5. The van der Waals surface area contributed by atoms with Crippen molar-refractivity contribution >= 4 is 11.9 Å². The van der Waals surface area contributed by atoms with Crippen molar-refractivity contribution in [3.05, 3.63) is 29.3 Å². The maximum Gasteiger partial charge on any atom is 0.262 e. The Kier molecular flexibility index (Phi) is 2.75. The van der Waals surface area contributed by atoms with Gasteiger partial charge in [-0.3, -0.25) is 9.69 Å². The van der Waals surface area contributed by atoms with Crippen LogP contribution >= 0.6 is 0 Å². The summed E-state index contributed by atoms with van der Waals surface area (Å²) in [5.74, 6) is 0.552. The molecular formula is C16H19N3O3. The summed E-state index contributed by atoms with van der Waals surface area (Å²) in [5.41, 5.74) is 6.74. The van der Waals surface area contributed by atoms with Gasteiger partial charge in [-0.05, 0) is 42.0 Å². The van der Waals surface area contributed by atoms with E-state index in [4.69, 9.17) is 10.5 Å². The summed E-state index contributed by atoms with van der Waals surface area (Å²) in [7, 11) is 1.64. The second-order valence-electron chi connectivity index (χ2n) is 6.38.